The van der Waals surface area contributed by atoms with Gasteiger partial charge in [-0.15, -0.1) is 5.73 Å². The molecule has 0 N–H and O–H groups in total. The fourth-order valence-electron chi connectivity index (χ4n) is 8.48. The van der Waals surface area contributed by atoms with Gasteiger partial charge >= 0.3 is 0 Å². The van der Waals surface area contributed by atoms with Gasteiger partial charge in [0.2, 0.25) is 0 Å². The third-order valence-corrected chi connectivity index (χ3v) is 11.8. The van der Waals surface area contributed by atoms with E-state index in [1.807, 2.05) is 6.08 Å². The van der Waals surface area contributed by atoms with Crippen LogP contribution in [-0.4, -0.2) is 0 Å². The molecule has 2 nitrogen and oxygen atoms in total. The average Bonchev–Trinajstić information content (AvgIpc) is 3.78. The lowest BCUT2D eigenvalue weighted by atomic mass is 9.92. The molecule has 0 fully saturated rings. The van der Waals surface area contributed by atoms with Crippen LogP contribution in [0.5, 0.6) is 0 Å². The number of nitrogens with zero attached hydrogens (tertiary/aromatic N) is 2. The van der Waals surface area contributed by atoms with Crippen molar-refractivity contribution >= 4 is 34.0 Å². The molecule has 6 aromatic rings. The first-order valence-electron chi connectivity index (χ1n) is 21.6. The second-order valence-electron chi connectivity index (χ2n) is 15.7. The Hall–Kier alpha value is -7.64. The quantitative estimate of drug-likeness (QED) is 0.0899. The molecule has 0 spiro atoms. The minimum absolute atomic E-state index is 0.408. The van der Waals surface area contributed by atoms with Crippen LogP contribution in [0.4, 0.5) is 28.4 Å². The Morgan fingerprint density at radius 1 is 0.565 bits per heavy atom. The van der Waals surface area contributed by atoms with Crippen LogP contribution in [-0.2, 0) is 0 Å². The second-order valence-corrected chi connectivity index (χ2v) is 15.7. The van der Waals surface area contributed by atoms with E-state index in [-0.39, 0.29) is 0 Å². The summed E-state index contributed by atoms with van der Waals surface area (Å²) in [6.07, 6.45) is 32.3. The maximum Gasteiger partial charge on any atom is 0.0462 e. The van der Waals surface area contributed by atoms with Crippen molar-refractivity contribution in [2.24, 2.45) is 0 Å². The summed E-state index contributed by atoms with van der Waals surface area (Å²) >= 11 is 0. The molecule has 0 saturated carbocycles. The third-order valence-electron chi connectivity index (χ3n) is 11.8. The van der Waals surface area contributed by atoms with Crippen molar-refractivity contribution in [3.63, 3.8) is 0 Å². The summed E-state index contributed by atoms with van der Waals surface area (Å²) in [5.74, 6) is 0.408. The van der Waals surface area contributed by atoms with Crippen LogP contribution in [0.25, 0.3) is 27.8 Å². The van der Waals surface area contributed by atoms with Crippen molar-refractivity contribution in [1.82, 2.24) is 0 Å². The molecule has 0 amide bonds. The third kappa shape index (κ3) is 8.79. The number of hydrogen-bond acceptors (Lipinski definition) is 2. The molecule has 3 aliphatic rings. The summed E-state index contributed by atoms with van der Waals surface area (Å²) < 4.78 is 0. The Morgan fingerprint density at radius 2 is 1.13 bits per heavy atom. The van der Waals surface area contributed by atoms with Crippen LogP contribution < -0.4 is 9.80 Å². The van der Waals surface area contributed by atoms with Crippen molar-refractivity contribution in [3.8, 4) is 22.3 Å². The van der Waals surface area contributed by atoms with Gasteiger partial charge < -0.3 is 9.80 Å². The van der Waals surface area contributed by atoms with E-state index >= 15 is 0 Å². The van der Waals surface area contributed by atoms with E-state index in [4.69, 9.17) is 0 Å². The van der Waals surface area contributed by atoms with Gasteiger partial charge in [0.1, 0.15) is 0 Å². The summed E-state index contributed by atoms with van der Waals surface area (Å²) in [6.45, 7) is 4.16. The van der Waals surface area contributed by atoms with E-state index in [0.717, 1.165) is 52.5 Å². The first-order chi connectivity index (χ1) is 30.6. The maximum atomic E-state index is 3.21. The Labute approximate surface area is 367 Å². The van der Waals surface area contributed by atoms with Crippen molar-refractivity contribution in [2.75, 3.05) is 9.80 Å². The van der Waals surface area contributed by atoms with Gasteiger partial charge in [0, 0.05) is 40.1 Å². The lowest BCUT2D eigenvalue weighted by Crippen LogP contribution is -2.15. The molecular formula is C60H50N2. The summed E-state index contributed by atoms with van der Waals surface area (Å²) in [6, 6.07) is 55.4. The summed E-state index contributed by atoms with van der Waals surface area (Å²) in [5, 5.41) is 0. The molecule has 2 heteroatoms. The minimum atomic E-state index is 0.408. The summed E-state index contributed by atoms with van der Waals surface area (Å²) in [4.78, 5) is 4.70. The average molecular weight is 799 g/mol. The maximum absolute atomic E-state index is 3.21. The second kappa shape index (κ2) is 18.7. The first-order valence-corrected chi connectivity index (χ1v) is 21.6. The van der Waals surface area contributed by atoms with Gasteiger partial charge in [0.05, 0.1) is 0 Å². The zero-order valence-corrected chi connectivity index (χ0v) is 35.4. The molecule has 0 bridgehead atoms. The highest BCUT2D eigenvalue weighted by Crippen LogP contribution is 2.39. The van der Waals surface area contributed by atoms with Gasteiger partial charge in [-0.3, -0.25) is 0 Å². The van der Waals surface area contributed by atoms with E-state index < -0.39 is 0 Å². The highest BCUT2D eigenvalue weighted by Gasteiger charge is 2.18. The summed E-state index contributed by atoms with van der Waals surface area (Å²) in [7, 11) is 0. The van der Waals surface area contributed by atoms with Gasteiger partial charge in [-0.05, 0) is 168 Å². The molecule has 300 valence electrons. The predicted octanol–water partition coefficient (Wildman–Crippen LogP) is 16.6. The highest BCUT2D eigenvalue weighted by molar-refractivity contribution is 5.82. The zero-order chi connectivity index (χ0) is 42.1. The first kappa shape index (κ1) is 39.8. The van der Waals surface area contributed by atoms with Crippen molar-refractivity contribution in [2.45, 2.75) is 32.6 Å². The zero-order valence-electron chi connectivity index (χ0n) is 35.4. The van der Waals surface area contributed by atoms with Gasteiger partial charge in [-0.2, -0.15) is 0 Å². The van der Waals surface area contributed by atoms with Gasteiger partial charge in [0.25, 0.3) is 0 Å². The Morgan fingerprint density at radius 3 is 1.66 bits per heavy atom. The van der Waals surface area contributed by atoms with Crippen LogP contribution in [0.15, 0.2) is 259 Å². The molecule has 0 aromatic heterocycles. The smallest absolute Gasteiger partial charge is 0.0462 e. The van der Waals surface area contributed by atoms with Crippen molar-refractivity contribution < 1.29 is 0 Å². The molecule has 9 rings (SSSR count). The van der Waals surface area contributed by atoms with Crippen LogP contribution in [0.1, 0.15) is 43.7 Å². The van der Waals surface area contributed by atoms with Gasteiger partial charge in [-0.25, -0.2) is 0 Å². The number of anilines is 5. The highest BCUT2D eigenvalue weighted by atomic mass is 15.1. The Bertz CT molecular complexity index is 2830. The van der Waals surface area contributed by atoms with Gasteiger partial charge in [0.15, 0.2) is 0 Å². The molecule has 0 aliphatic heterocycles. The fourth-order valence-corrected chi connectivity index (χ4v) is 8.48. The van der Waals surface area contributed by atoms with E-state index in [2.05, 4.69) is 260 Å². The van der Waals surface area contributed by atoms with E-state index in [1.165, 1.54) is 44.5 Å². The van der Waals surface area contributed by atoms with Crippen molar-refractivity contribution in [1.29, 1.82) is 0 Å². The standard InChI is InChI=1S/C60H50N2/c1-3-14-45(4-2)50-24-35-58(36-25-50)62(59-39-28-52(29-40-59)48-17-9-6-10-18-48)60-43-32-54(33-44-60)53-30-41-57(42-31-53)61(55-22-13-21-49(23-34-55)46-19-11-12-20-46)56-37-26-51(27-38-56)47-15-7-5-8-16-47/h3-11,13-17,19-20,22-44,48H,18,21H2,1-2H3/b14-3-,45-4+. The SMILES string of the molecule is C/C=C\C(=C/C)c1ccc(N(c2ccc(-c3ccc(N(C4=CC=C(C5=CC=C=C5)CC=C4)c4ccc(-c5ccccc5)cc4)cc3)cc2)c2ccc(C3C=CC=CC3)cc2)cc1. The lowest BCUT2D eigenvalue weighted by molar-refractivity contribution is 0.854. The van der Waals surface area contributed by atoms with E-state index in [1.54, 1.807) is 0 Å². The Kier molecular flexibility index (Phi) is 12.0. The number of allylic oxidation sites excluding steroid dienone is 16. The number of rotatable bonds is 12. The Balaban J connectivity index is 1.02. The largest absolute Gasteiger partial charge is 0.311 e. The van der Waals surface area contributed by atoms with Crippen LogP contribution in [0.2, 0.25) is 0 Å². The molecule has 62 heavy (non-hydrogen) atoms. The van der Waals surface area contributed by atoms with Crippen LogP contribution in [0.3, 0.4) is 0 Å². The molecule has 0 heterocycles. The van der Waals surface area contributed by atoms with E-state index in [9.17, 15) is 0 Å². The molecular weight excluding hydrogens is 749 g/mol. The predicted molar refractivity (Wildman–Crippen MR) is 265 cm³/mol. The number of benzene rings is 6. The molecule has 6 aromatic carbocycles. The van der Waals surface area contributed by atoms with E-state index in [0.29, 0.717) is 5.92 Å². The normalized spacial score (nSPS) is 15.7. The van der Waals surface area contributed by atoms with Crippen molar-refractivity contribution in [3.05, 3.63) is 270 Å². The number of hydrogen-bond donors (Lipinski definition) is 0. The molecule has 3 aliphatic carbocycles. The monoisotopic (exact) mass is 798 g/mol. The minimum Gasteiger partial charge on any atom is -0.311 e. The van der Waals surface area contributed by atoms with Gasteiger partial charge in [-0.1, -0.05) is 146 Å². The molecule has 0 radical (unpaired) electrons. The van der Waals surface area contributed by atoms with Crippen LogP contribution >= 0.6 is 0 Å². The molecule has 1 unspecified atom stereocenters. The lowest BCUT2D eigenvalue weighted by Gasteiger charge is -2.27. The molecule has 0 saturated heterocycles. The summed E-state index contributed by atoms with van der Waals surface area (Å²) in [5.41, 5.74) is 20.9. The molecule has 1 atom stereocenters. The fraction of sp³-hybridized carbons (Fsp3) is 0.0833. The topological polar surface area (TPSA) is 6.48 Å². The van der Waals surface area contributed by atoms with Crippen LogP contribution in [0, 0.1) is 0 Å².